The molecule has 0 aromatic heterocycles. The Morgan fingerprint density at radius 3 is 2.07 bits per heavy atom. The lowest BCUT2D eigenvalue weighted by Crippen LogP contribution is -2.48. The Hall–Kier alpha value is -3.15. The van der Waals surface area contributed by atoms with Gasteiger partial charge in [0.2, 0.25) is 0 Å². The number of carbonyl (C=O) groups excluding carboxylic acids is 3. The Bertz CT molecular complexity index is 894. The fourth-order valence-corrected chi connectivity index (χ4v) is 3.27. The second-order valence-electron chi connectivity index (χ2n) is 8.30. The molecule has 3 amide bonds. The van der Waals surface area contributed by atoms with Crippen LogP contribution in [-0.2, 0) is 11.2 Å². The average Bonchev–Trinajstić information content (AvgIpc) is 2.87. The molecule has 0 saturated heterocycles. The van der Waals surface area contributed by atoms with E-state index in [9.17, 15) is 14.4 Å². The Morgan fingerprint density at radius 1 is 1.00 bits per heavy atom. The molecule has 0 unspecified atom stereocenters. The molecule has 0 bridgehead atoms. The Morgan fingerprint density at radius 2 is 1.55 bits per heavy atom. The summed E-state index contributed by atoms with van der Waals surface area (Å²) >= 11 is 0. The zero-order valence-electron chi connectivity index (χ0n) is 17.2. The van der Waals surface area contributed by atoms with Gasteiger partial charge in [0, 0.05) is 0 Å². The molecule has 0 fully saturated rings. The second-order valence-corrected chi connectivity index (χ2v) is 8.30. The number of nitrogens with one attached hydrogen (secondary N) is 1. The topological polar surface area (TPSA) is 75.7 Å². The second kappa shape index (κ2) is 8.07. The van der Waals surface area contributed by atoms with Crippen LogP contribution in [0.5, 0.6) is 0 Å². The van der Waals surface area contributed by atoms with Crippen molar-refractivity contribution in [1.29, 1.82) is 0 Å². The summed E-state index contributed by atoms with van der Waals surface area (Å²) in [7, 11) is 0. The molecule has 0 spiro atoms. The number of aryl methyl sites for hydroxylation is 1. The van der Waals surface area contributed by atoms with Crippen LogP contribution in [0.25, 0.3) is 0 Å². The molecule has 1 aliphatic heterocycles. The predicted octanol–water partition coefficient (Wildman–Crippen LogP) is 3.73. The smallest absolute Gasteiger partial charge is 0.407 e. The van der Waals surface area contributed by atoms with Crippen LogP contribution in [-0.4, -0.2) is 41.0 Å². The van der Waals surface area contributed by atoms with E-state index in [-0.39, 0.29) is 18.4 Å². The Labute approximate surface area is 170 Å². The van der Waals surface area contributed by atoms with Crippen molar-refractivity contribution < 1.29 is 19.1 Å². The van der Waals surface area contributed by atoms with Gasteiger partial charge in [0.15, 0.2) is 0 Å². The van der Waals surface area contributed by atoms with E-state index >= 15 is 0 Å². The Kier molecular flexibility index (Phi) is 5.73. The van der Waals surface area contributed by atoms with Crippen LogP contribution in [0.3, 0.4) is 0 Å². The number of nitrogens with zero attached hydrogens (tertiary/aromatic N) is 1. The maximum Gasteiger partial charge on any atom is 0.407 e. The molecule has 0 saturated carbocycles. The molecular formula is C23H26N2O4. The molecule has 1 N–H and O–H groups in total. The third-order valence-corrected chi connectivity index (χ3v) is 4.60. The molecule has 1 aliphatic rings. The minimum atomic E-state index is -0.645. The minimum Gasteiger partial charge on any atom is -0.444 e. The molecule has 6 nitrogen and oxygen atoms in total. The molecule has 2 aromatic rings. The van der Waals surface area contributed by atoms with Crippen molar-refractivity contribution in [3.05, 3.63) is 70.8 Å². The van der Waals surface area contributed by atoms with Crippen LogP contribution in [0.1, 0.15) is 52.6 Å². The molecule has 29 heavy (non-hydrogen) atoms. The van der Waals surface area contributed by atoms with Crippen LogP contribution in [0.15, 0.2) is 48.5 Å². The summed E-state index contributed by atoms with van der Waals surface area (Å²) in [5.74, 6) is -0.684. The number of amides is 3. The molecule has 0 aliphatic carbocycles. The summed E-state index contributed by atoms with van der Waals surface area (Å²) in [5, 5.41) is 2.82. The average molecular weight is 394 g/mol. The first kappa shape index (κ1) is 20.6. The Balaban J connectivity index is 1.79. The van der Waals surface area contributed by atoms with Crippen LogP contribution >= 0.6 is 0 Å². The zero-order valence-corrected chi connectivity index (χ0v) is 17.2. The fraction of sp³-hybridized carbons (Fsp3) is 0.348. The van der Waals surface area contributed by atoms with Gasteiger partial charge in [-0.3, -0.25) is 14.5 Å². The van der Waals surface area contributed by atoms with E-state index in [1.54, 1.807) is 45.0 Å². The highest BCUT2D eigenvalue weighted by Gasteiger charge is 2.36. The van der Waals surface area contributed by atoms with Crippen LogP contribution in [0.4, 0.5) is 4.79 Å². The van der Waals surface area contributed by atoms with Gasteiger partial charge in [-0.15, -0.1) is 0 Å². The number of hydrogen-bond acceptors (Lipinski definition) is 4. The van der Waals surface area contributed by atoms with E-state index < -0.39 is 17.7 Å². The minimum absolute atomic E-state index is 0.0689. The standard InChI is InChI=1S/C23H26N2O4/c1-15-9-11-16(12-10-15)13-17(24-22(28)29-23(2,3)4)14-25-20(26)18-7-5-6-8-19(18)21(25)27/h5-12,17H,13-14H2,1-4H3,(H,24,28)/t17-/m0/s1. The van der Waals surface area contributed by atoms with Crippen molar-refractivity contribution in [1.82, 2.24) is 10.2 Å². The summed E-state index contributed by atoms with van der Waals surface area (Å²) < 4.78 is 5.37. The highest BCUT2D eigenvalue weighted by atomic mass is 16.6. The molecule has 0 radical (unpaired) electrons. The highest BCUT2D eigenvalue weighted by molar-refractivity contribution is 6.21. The van der Waals surface area contributed by atoms with Crippen LogP contribution in [0, 0.1) is 6.92 Å². The van der Waals surface area contributed by atoms with E-state index in [0.29, 0.717) is 17.5 Å². The van der Waals surface area contributed by atoms with Gasteiger partial charge in [0.25, 0.3) is 11.8 Å². The van der Waals surface area contributed by atoms with Gasteiger partial charge in [-0.25, -0.2) is 4.79 Å². The highest BCUT2D eigenvalue weighted by Crippen LogP contribution is 2.23. The lowest BCUT2D eigenvalue weighted by atomic mass is 10.0. The maximum absolute atomic E-state index is 12.7. The number of benzene rings is 2. The van der Waals surface area contributed by atoms with Crippen molar-refractivity contribution in [2.45, 2.75) is 45.8 Å². The predicted molar refractivity (Wildman–Crippen MR) is 110 cm³/mol. The summed E-state index contributed by atoms with van der Waals surface area (Å²) in [6.45, 7) is 7.42. The van der Waals surface area contributed by atoms with E-state index in [1.165, 1.54) is 4.90 Å². The molecular weight excluding hydrogens is 368 g/mol. The molecule has 1 heterocycles. The van der Waals surface area contributed by atoms with Crippen molar-refractivity contribution >= 4 is 17.9 Å². The lowest BCUT2D eigenvalue weighted by Gasteiger charge is -2.26. The fourth-order valence-electron chi connectivity index (χ4n) is 3.27. The normalized spacial score (nSPS) is 14.6. The van der Waals surface area contributed by atoms with Gasteiger partial charge in [-0.1, -0.05) is 42.0 Å². The van der Waals surface area contributed by atoms with Gasteiger partial charge in [0.1, 0.15) is 5.60 Å². The summed E-state index contributed by atoms with van der Waals surface area (Å²) in [6, 6.07) is 14.2. The number of carbonyl (C=O) groups is 3. The van der Waals surface area contributed by atoms with E-state index in [4.69, 9.17) is 4.74 Å². The molecule has 2 aromatic carbocycles. The first-order valence-corrected chi connectivity index (χ1v) is 9.64. The van der Waals surface area contributed by atoms with Gasteiger partial charge >= 0.3 is 6.09 Å². The summed E-state index contributed by atoms with van der Waals surface area (Å²) in [5.41, 5.74) is 2.26. The molecule has 3 rings (SSSR count). The third kappa shape index (κ3) is 5.02. The molecule has 6 heteroatoms. The maximum atomic E-state index is 12.7. The number of rotatable bonds is 5. The van der Waals surface area contributed by atoms with Gasteiger partial charge in [-0.05, 0) is 51.8 Å². The summed E-state index contributed by atoms with van der Waals surface area (Å²) in [4.78, 5) is 39.0. The first-order chi connectivity index (χ1) is 13.6. The van der Waals surface area contributed by atoms with Crippen LogP contribution < -0.4 is 5.32 Å². The monoisotopic (exact) mass is 394 g/mol. The zero-order chi connectivity index (χ0) is 21.2. The molecule has 1 atom stereocenters. The number of imide groups is 1. The molecule has 152 valence electrons. The number of alkyl carbamates (subject to hydrolysis) is 1. The van der Waals surface area contributed by atoms with E-state index in [2.05, 4.69) is 5.32 Å². The van der Waals surface area contributed by atoms with Gasteiger partial charge in [0.05, 0.1) is 23.7 Å². The number of hydrogen-bond donors (Lipinski definition) is 1. The largest absolute Gasteiger partial charge is 0.444 e. The van der Waals surface area contributed by atoms with Crippen molar-refractivity contribution in [3.8, 4) is 0 Å². The van der Waals surface area contributed by atoms with Gasteiger partial charge < -0.3 is 10.1 Å². The third-order valence-electron chi connectivity index (χ3n) is 4.60. The van der Waals surface area contributed by atoms with E-state index in [0.717, 1.165) is 11.1 Å². The number of fused-ring (bicyclic) bond motifs is 1. The van der Waals surface area contributed by atoms with E-state index in [1.807, 2.05) is 31.2 Å². The quantitative estimate of drug-likeness (QED) is 0.784. The van der Waals surface area contributed by atoms with Crippen molar-refractivity contribution in [3.63, 3.8) is 0 Å². The van der Waals surface area contributed by atoms with Crippen LogP contribution in [0.2, 0.25) is 0 Å². The van der Waals surface area contributed by atoms with Gasteiger partial charge in [-0.2, -0.15) is 0 Å². The summed E-state index contributed by atoms with van der Waals surface area (Å²) in [6.07, 6.45) is -0.112. The number of ether oxygens (including phenoxy) is 1. The first-order valence-electron chi connectivity index (χ1n) is 9.64. The SMILES string of the molecule is Cc1ccc(C[C@@H](CN2C(=O)c3ccccc3C2=O)NC(=O)OC(C)(C)C)cc1. The lowest BCUT2D eigenvalue weighted by molar-refractivity contribution is 0.0468. The van der Waals surface area contributed by atoms with Crippen molar-refractivity contribution in [2.24, 2.45) is 0 Å². The van der Waals surface area contributed by atoms with Crippen molar-refractivity contribution in [2.75, 3.05) is 6.54 Å².